The maximum atomic E-state index is 5.39. The van der Waals surface area contributed by atoms with Crippen molar-refractivity contribution in [3.63, 3.8) is 0 Å². The Morgan fingerprint density at radius 2 is 2.13 bits per heavy atom. The van der Waals surface area contributed by atoms with E-state index in [2.05, 4.69) is 31.9 Å². The van der Waals surface area contributed by atoms with Crippen molar-refractivity contribution in [2.45, 2.75) is 26.7 Å². The lowest BCUT2D eigenvalue weighted by atomic mass is 9.96. The molecule has 0 aliphatic rings. The van der Waals surface area contributed by atoms with Crippen LogP contribution in [0.25, 0.3) is 0 Å². The summed E-state index contributed by atoms with van der Waals surface area (Å²) in [6, 6.07) is 6.21. The lowest BCUT2D eigenvalue weighted by Gasteiger charge is -2.11. The van der Waals surface area contributed by atoms with Gasteiger partial charge in [0.25, 0.3) is 0 Å². The van der Waals surface area contributed by atoms with Gasteiger partial charge in [0, 0.05) is 5.92 Å². The normalized spacial score (nSPS) is 11.9. The van der Waals surface area contributed by atoms with Gasteiger partial charge in [-0.15, -0.1) is 12.3 Å². The minimum Gasteiger partial charge on any atom is -0.497 e. The first-order valence-corrected chi connectivity index (χ1v) is 5.33. The Bertz CT molecular complexity index is 360. The molecular weight excluding hydrogens is 184 g/mol. The first kappa shape index (κ1) is 11.7. The number of rotatable bonds is 4. The van der Waals surface area contributed by atoms with E-state index < -0.39 is 0 Å². The number of hydrogen-bond acceptors (Lipinski definition) is 1. The Labute approximate surface area is 92.5 Å². The van der Waals surface area contributed by atoms with Crippen LogP contribution in [0, 0.1) is 18.3 Å². The van der Waals surface area contributed by atoms with Crippen LogP contribution in [0.15, 0.2) is 18.2 Å². The fraction of sp³-hybridized carbons (Fsp3) is 0.429. The van der Waals surface area contributed by atoms with Crippen molar-refractivity contribution in [3.05, 3.63) is 29.3 Å². The summed E-state index contributed by atoms with van der Waals surface area (Å²) < 4.78 is 5.20. The van der Waals surface area contributed by atoms with Crippen LogP contribution in [-0.2, 0) is 12.8 Å². The first-order chi connectivity index (χ1) is 7.21. The monoisotopic (exact) mass is 202 g/mol. The molecule has 0 aliphatic carbocycles. The van der Waals surface area contributed by atoms with E-state index in [1.54, 1.807) is 7.11 Å². The van der Waals surface area contributed by atoms with Crippen LogP contribution in [0.4, 0.5) is 0 Å². The molecule has 0 aliphatic heterocycles. The van der Waals surface area contributed by atoms with E-state index in [-0.39, 0.29) is 0 Å². The molecule has 0 spiro atoms. The zero-order chi connectivity index (χ0) is 11.3. The van der Waals surface area contributed by atoms with Crippen molar-refractivity contribution >= 4 is 0 Å². The fourth-order valence-electron chi connectivity index (χ4n) is 1.65. The minimum absolute atomic E-state index is 0.295. The zero-order valence-corrected chi connectivity index (χ0v) is 9.71. The molecule has 0 saturated carbocycles. The van der Waals surface area contributed by atoms with E-state index >= 15 is 0 Å². The molecule has 1 aromatic rings. The van der Waals surface area contributed by atoms with Gasteiger partial charge in [-0.1, -0.05) is 19.9 Å². The molecular formula is C14H18O. The lowest BCUT2D eigenvalue weighted by molar-refractivity contribution is 0.414. The lowest BCUT2D eigenvalue weighted by Crippen LogP contribution is -2.00. The standard InChI is InChI=1S/C14H18O/c1-5-11(3)9-13-7-8-14(15-4)10-12(13)6-2/h1,7-8,10-11H,6,9H2,2-4H3. The molecule has 1 aromatic carbocycles. The van der Waals surface area contributed by atoms with Crippen molar-refractivity contribution in [3.8, 4) is 18.1 Å². The van der Waals surface area contributed by atoms with Gasteiger partial charge in [0.15, 0.2) is 0 Å². The molecule has 0 saturated heterocycles. The van der Waals surface area contributed by atoms with Gasteiger partial charge in [-0.3, -0.25) is 0 Å². The molecule has 0 bridgehead atoms. The highest BCUT2D eigenvalue weighted by Gasteiger charge is 2.05. The van der Waals surface area contributed by atoms with Crippen LogP contribution in [-0.4, -0.2) is 7.11 Å². The maximum Gasteiger partial charge on any atom is 0.119 e. The summed E-state index contributed by atoms with van der Waals surface area (Å²) in [6.07, 6.45) is 7.36. The van der Waals surface area contributed by atoms with Crippen molar-refractivity contribution in [1.82, 2.24) is 0 Å². The molecule has 0 aromatic heterocycles. The van der Waals surface area contributed by atoms with E-state index in [9.17, 15) is 0 Å². The molecule has 1 rings (SSSR count). The minimum atomic E-state index is 0.295. The van der Waals surface area contributed by atoms with E-state index in [0.29, 0.717) is 5.92 Å². The van der Waals surface area contributed by atoms with Gasteiger partial charge < -0.3 is 4.74 Å². The number of hydrogen-bond donors (Lipinski definition) is 0. The Balaban J connectivity index is 2.93. The summed E-state index contributed by atoms with van der Waals surface area (Å²) >= 11 is 0. The Morgan fingerprint density at radius 1 is 1.40 bits per heavy atom. The second-order valence-electron chi connectivity index (χ2n) is 3.76. The average Bonchev–Trinajstić information content (AvgIpc) is 2.29. The van der Waals surface area contributed by atoms with Crippen molar-refractivity contribution in [1.29, 1.82) is 0 Å². The van der Waals surface area contributed by atoms with Crippen molar-refractivity contribution in [2.75, 3.05) is 7.11 Å². The third-order valence-corrected chi connectivity index (χ3v) is 2.60. The van der Waals surface area contributed by atoms with Gasteiger partial charge in [-0.2, -0.15) is 0 Å². The van der Waals surface area contributed by atoms with E-state index in [4.69, 9.17) is 11.2 Å². The molecule has 1 unspecified atom stereocenters. The molecule has 1 heteroatoms. The molecule has 15 heavy (non-hydrogen) atoms. The Hall–Kier alpha value is -1.42. The van der Waals surface area contributed by atoms with Gasteiger partial charge in [-0.05, 0) is 36.1 Å². The van der Waals surface area contributed by atoms with Gasteiger partial charge in [0.1, 0.15) is 5.75 Å². The highest BCUT2D eigenvalue weighted by Crippen LogP contribution is 2.20. The number of terminal acetylenes is 1. The topological polar surface area (TPSA) is 9.23 Å². The largest absolute Gasteiger partial charge is 0.497 e. The second kappa shape index (κ2) is 5.46. The average molecular weight is 202 g/mol. The van der Waals surface area contributed by atoms with Crippen LogP contribution in [0.1, 0.15) is 25.0 Å². The van der Waals surface area contributed by atoms with Gasteiger partial charge in [0.2, 0.25) is 0 Å². The van der Waals surface area contributed by atoms with E-state index in [1.807, 2.05) is 6.07 Å². The highest BCUT2D eigenvalue weighted by molar-refractivity contribution is 5.36. The quantitative estimate of drug-likeness (QED) is 0.682. The summed E-state index contributed by atoms with van der Waals surface area (Å²) in [6.45, 7) is 4.22. The number of aryl methyl sites for hydroxylation is 1. The van der Waals surface area contributed by atoms with Gasteiger partial charge in [-0.25, -0.2) is 0 Å². The van der Waals surface area contributed by atoms with E-state index in [0.717, 1.165) is 18.6 Å². The Kier molecular flexibility index (Phi) is 4.24. The summed E-state index contributed by atoms with van der Waals surface area (Å²) in [5.74, 6) is 3.98. The smallest absolute Gasteiger partial charge is 0.119 e. The second-order valence-corrected chi connectivity index (χ2v) is 3.76. The predicted octanol–water partition coefficient (Wildman–Crippen LogP) is 3.07. The zero-order valence-electron chi connectivity index (χ0n) is 9.71. The predicted molar refractivity (Wildman–Crippen MR) is 64.1 cm³/mol. The maximum absolute atomic E-state index is 5.39. The number of methoxy groups -OCH3 is 1. The summed E-state index contributed by atoms with van der Waals surface area (Å²) in [5.41, 5.74) is 2.67. The van der Waals surface area contributed by atoms with Crippen LogP contribution in [0.5, 0.6) is 5.75 Å². The Morgan fingerprint density at radius 3 is 2.67 bits per heavy atom. The number of ether oxygens (including phenoxy) is 1. The SMILES string of the molecule is C#CC(C)Cc1ccc(OC)cc1CC. The highest BCUT2D eigenvalue weighted by atomic mass is 16.5. The van der Waals surface area contributed by atoms with Gasteiger partial charge >= 0.3 is 0 Å². The molecule has 1 nitrogen and oxygen atoms in total. The molecule has 0 amide bonds. The molecule has 0 heterocycles. The molecule has 0 radical (unpaired) electrons. The summed E-state index contributed by atoms with van der Waals surface area (Å²) in [7, 11) is 1.69. The molecule has 0 N–H and O–H groups in total. The van der Waals surface area contributed by atoms with Gasteiger partial charge in [0.05, 0.1) is 7.11 Å². The van der Waals surface area contributed by atoms with Crippen molar-refractivity contribution in [2.24, 2.45) is 5.92 Å². The third kappa shape index (κ3) is 3.02. The summed E-state index contributed by atoms with van der Waals surface area (Å²) in [5, 5.41) is 0. The number of benzene rings is 1. The molecule has 0 fully saturated rings. The first-order valence-electron chi connectivity index (χ1n) is 5.33. The van der Waals surface area contributed by atoms with Crippen molar-refractivity contribution < 1.29 is 4.74 Å². The molecule has 80 valence electrons. The van der Waals surface area contributed by atoms with E-state index in [1.165, 1.54) is 11.1 Å². The third-order valence-electron chi connectivity index (χ3n) is 2.60. The summed E-state index contributed by atoms with van der Waals surface area (Å²) in [4.78, 5) is 0. The van der Waals surface area contributed by atoms with Crippen LogP contribution < -0.4 is 4.74 Å². The van der Waals surface area contributed by atoms with Crippen LogP contribution in [0.3, 0.4) is 0 Å². The fourth-order valence-corrected chi connectivity index (χ4v) is 1.65. The van der Waals surface area contributed by atoms with Crippen LogP contribution >= 0.6 is 0 Å². The molecule has 1 atom stereocenters. The van der Waals surface area contributed by atoms with Crippen LogP contribution in [0.2, 0.25) is 0 Å².